The number of carbonyl (C=O) groups excluding carboxylic acids is 1. The first kappa shape index (κ1) is 23.0. The van der Waals surface area contributed by atoms with E-state index in [0.29, 0.717) is 30.5 Å². The molecular formula is C21H34N4O4. The summed E-state index contributed by atoms with van der Waals surface area (Å²) in [4.78, 5) is 16.3. The molecule has 1 aliphatic rings. The van der Waals surface area contributed by atoms with Gasteiger partial charge in [-0.15, -0.1) is 0 Å². The van der Waals surface area contributed by atoms with Gasteiger partial charge in [0.25, 0.3) is 5.91 Å². The van der Waals surface area contributed by atoms with Crippen molar-refractivity contribution in [3.8, 4) is 5.75 Å². The number of aliphatic imine (C=N–C) groups is 1. The summed E-state index contributed by atoms with van der Waals surface area (Å²) in [5.74, 6) is 1.97. The van der Waals surface area contributed by atoms with Gasteiger partial charge in [0.15, 0.2) is 5.96 Å². The van der Waals surface area contributed by atoms with Crippen LogP contribution in [0.15, 0.2) is 29.3 Å². The van der Waals surface area contributed by atoms with Crippen LogP contribution in [0.3, 0.4) is 0 Å². The largest absolute Gasteiger partial charge is 0.497 e. The standard InChI is InChI=1S/C21H34N4O4/c1-22-21(24-10-3-13-29-16-17-8-14-28-15-9-17)25-12-11-23-20(26)18-4-6-19(27-2)7-5-18/h4-7,17H,3,8-16H2,1-2H3,(H,23,26)(H2,22,24,25). The van der Waals surface area contributed by atoms with E-state index in [4.69, 9.17) is 14.2 Å². The summed E-state index contributed by atoms with van der Waals surface area (Å²) >= 11 is 0. The Morgan fingerprint density at radius 2 is 1.79 bits per heavy atom. The topological polar surface area (TPSA) is 93.2 Å². The molecule has 162 valence electrons. The number of ether oxygens (including phenoxy) is 3. The summed E-state index contributed by atoms with van der Waals surface area (Å²) in [7, 11) is 3.33. The van der Waals surface area contributed by atoms with Crippen molar-refractivity contribution >= 4 is 11.9 Å². The predicted molar refractivity (Wildman–Crippen MR) is 114 cm³/mol. The summed E-state index contributed by atoms with van der Waals surface area (Å²) in [6, 6.07) is 7.02. The normalized spacial score (nSPS) is 15.0. The molecule has 1 aromatic carbocycles. The molecule has 0 saturated carbocycles. The highest BCUT2D eigenvalue weighted by molar-refractivity contribution is 5.94. The van der Waals surface area contributed by atoms with Crippen LogP contribution in [0, 0.1) is 5.92 Å². The molecular weight excluding hydrogens is 372 g/mol. The minimum Gasteiger partial charge on any atom is -0.497 e. The van der Waals surface area contributed by atoms with E-state index in [0.717, 1.165) is 58.0 Å². The van der Waals surface area contributed by atoms with Gasteiger partial charge in [0.1, 0.15) is 5.75 Å². The van der Waals surface area contributed by atoms with Crippen molar-refractivity contribution < 1.29 is 19.0 Å². The van der Waals surface area contributed by atoms with E-state index in [1.807, 2.05) is 0 Å². The third-order valence-electron chi connectivity index (χ3n) is 4.73. The highest BCUT2D eigenvalue weighted by atomic mass is 16.5. The molecule has 0 atom stereocenters. The van der Waals surface area contributed by atoms with Crippen LogP contribution in [0.25, 0.3) is 0 Å². The molecule has 0 aromatic heterocycles. The molecule has 1 amide bonds. The summed E-state index contributed by atoms with van der Waals surface area (Å²) in [6.45, 7) is 5.15. The van der Waals surface area contributed by atoms with E-state index in [1.54, 1.807) is 38.4 Å². The highest BCUT2D eigenvalue weighted by Gasteiger charge is 2.13. The Labute approximate surface area is 173 Å². The molecule has 1 saturated heterocycles. The molecule has 0 unspecified atom stereocenters. The fraction of sp³-hybridized carbons (Fsp3) is 0.619. The molecule has 0 aliphatic carbocycles. The van der Waals surface area contributed by atoms with Gasteiger partial charge in [0.05, 0.1) is 7.11 Å². The number of amides is 1. The number of nitrogens with one attached hydrogen (secondary N) is 3. The molecule has 0 bridgehead atoms. The van der Waals surface area contributed by atoms with Gasteiger partial charge < -0.3 is 30.2 Å². The summed E-state index contributed by atoms with van der Waals surface area (Å²) in [5, 5.41) is 9.32. The first-order valence-corrected chi connectivity index (χ1v) is 10.2. The van der Waals surface area contributed by atoms with Gasteiger partial charge in [-0.25, -0.2) is 0 Å². The average Bonchev–Trinajstić information content (AvgIpc) is 2.78. The lowest BCUT2D eigenvalue weighted by Crippen LogP contribution is -2.42. The highest BCUT2D eigenvalue weighted by Crippen LogP contribution is 2.14. The third kappa shape index (κ3) is 9.15. The van der Waals surface area contributed by atoms with Gasteiger partial charge in [0, 0.05) is 58.7 Å². The number of nitrogens with zero attached hydrogens (tertiary/aromatic N) is 1. The molecule has 29 heavy (non-hydrogen) atoms. The van der Waals surface area contributed by atoms with E-state index in [1.165, 1.54) is 0 Å². The summed E-state index contributed by atoms with van der Waals surface area (Å²) < 4.78 is 16.2. The quantitative estimate of drug-likeness (QED) is 0.292. The minimum atomic E-state index is -0.112. The zero-order valence-electron chi connectivity index (χ0n) is 17.5. The van der Waals surface area contributed by atoms with Gasteiger partial charge in [-0.1, -0.05) is 0 Å². The van der Waals surface area contributed by atoms with Crippen LogP contribution in [-0.2, 0) is 9.47 Å². The Hall–Kier alpha value is -2.32. The molecule has 0 spiro atoms. The van der Waals surface area contributed by atoms with Gasteiger partial charge in [-0.3, -0.25) is 9.79 Å². The molecule has 2 rings (SSSR count). The second kappa shape index (κ2) is 13.8. The summed E-state index contributed by atoms with van der Waals surface area (Å²) in [5.41, 5.74) is 0.606. The lowest BCUT2D eigenvalue weighted by molar-refractivity contribution is 0.0203. The number of hydrogen-bond donors (Lipinski definition) is 3. The Morgan fingerprint density at radius 1 is 1.10 bits per heavy atom. The number of methoxy groups -OCH3 is 1. The zero-order chi connectivity index (χ0) is 20.7. The molecule has 1 aliphatic heterocycles. The van der Waals surface area contributed by atoms with Crippen molar-refractivity contribution in [1.29, 1.82) is 0 Å². The first-order chi connectivity index (χ1) is 14.2. The van der Waals surface area contributed by atoms with Crippen molar-refractivity contribution in [2.45, 2.75) is 19.3 Å². The van der Waals surface area contributed by atoms with Crippen LogP contribution in [0.5, 0.6) is 5.75 Å². The molecule has 8 nitrogen and oxygen atoms in total. The maximum atomic E-state index is 12.1. The van der Waals surface area contributed by atoms with Crippen LogP contribution in [0.1, 0.15) is 29.6 Å². The number of guanidine groups is 1. The van der Waals surface area contributed by atoms with Crippen molar-refractivity contribution in [3.63, 3.8) is 0 Å². The Bertz CT molecular complexity index is 616. The third-order valence-corrected chi connectivity index (χ3v) is 4.73. The smallest absolute Gasteiger partial charge is 0.251 e. The lowest BCUT2D eigenvalue weighted by atomic mass is 10.0. The van der Waals surface area contributed by atoms with E-state index >= 15 is 0 Å². The predicted octanol–water partition coefficient (Wildman–Crippen LogP) is 1.42. The maximum absolute atomic E-state index is 12.1. The SMILES string of the molecule is CN=C(NCCCOCC1CCOCC1)NCCNC(=O)c1ccc(OC)cc1. The number of benzene rings is 1. The zero-order valence-corrected chi connectivity index (χ0v) is 17.5. The van der Waals surface area contributed by atoms with E-state index in [9.17, 15) is 4.79 Å². The van der Waals surface area contributed by atoms with Crippen LogP contribution in [-0.4, -0.2) is 72.1 Å². The average molecular weight is 407 g/mol. The van der Waals surface area contributed by atoms with Crippen LogP contribution < -0.4 is 20.7 Å². The molecule has 1 heterocycles. The molecule has 0 radical (unpaired) electrons. The molecule has 1 aromatic rings. The summed E-state index contributed by atoms with van der Waals surface area (Å²) in [6.07, 6.45) is 3.12. The fourth-order valence-electron chi connectivity index (χ4n) is 2.97. The second-order valence-electron chi connectivity index (χ2n) is 6.89. The maximum Gasteiger partial charge on any atom is 0.251 e. The van der Waals surface area contributed by atoms with Gasteiger partial charge in [-0.05, 0) is 49.4 Å². The lowest BCUT2D eigenvalue weighted by Gasteiger charge is -2.21. The number of rotatable bonds is 11. The van der Waals surface area contributed by atoms with E-state index < -0.39 is 0 Å². The Morgan fingerprint density at radius 3 is 2.48 bits per heavy atom. The van der Waals surface area contributed by atoms with Crippen molar-refractivity contribution in [2.24, 2.45) is 10.9 Å². The van der Waals surface area contributed by atoms with Gasteiger partial charge in [0.2, 0.25) is 0 Å². The first-order valence-electron chi connectivity index (χ1n) is 10.2. The van der Waals surface area contributed by atoms with Crippen molar-refractivity contribution in [1.82, 2.24) is 16.0 Å². The minimum absolute atomic E-state index is 0.112. The number of hydrogen-bond acceptors (Lipinski definition) is 5. The molecule has 3 N–H and O–H groups in total. The fourth-order valence-corrected chi connectivity index (χ4v) is 2.97. The number of carbonyl (C=O) groups is 1. The van der Waals surface area contributed by atoms with Gasteiger partial charge in [-0.2, -0.15) is 0 Å². The van der Waals surface area contributed by atoms with Gasteiger partial charge >= 0.3 is 0 Å². The van der Waals surface area contributed by atoms with Crippen molar-refractivity contribution in [3.05, 3.63) is 29.8 Å². The Balaban J connectivity index is 1.50. The molecule has 8 heteroatoms. The van der Waals surface area contributed by atoms with Crippen molar-refractivity contribution in [2.75, 3.05) is 60.2 Å². The van der Waals surface area contributed by atoms with E-state index in [2.05, 4.69) is 20.9 Å². The van der Waals surface area contributed by atoms with Crippen LogP contribution in [0.2, 0.25) is 0 Å². The van der Waals surface area contributed by atoms with Crippen LogP contribution in [0.4, 0.5) is 0 Å². The van der Waals surface area contributed by atoms with E-state index in [-0.39, 0.29) is 5.91 Å². The molecule has 1 fully saturated rings. The second-order valence-corrected chi connectivity index (χ2v) is 6.89. The van der Waals surface area contributed by atoms with Crippen LogP contribution >= 0.6 is 0 Å². The Kier molecular flexibility index (Phi) is 10.9. The monoisotopic (exact) mass is 406 g/mol.